The summed E-state index contributed by atoms with van der Waals surface area (Å²) in [5.74, 6) is -4.39. The van der Waals surface area contributed by atoms with Crippen LogP contribution in [0.4, 0.5) is 22.0 Å². The fraction of sp³-hybridized carbons (Fsp3) is 0.0769. The Balaban J connectivity index is 0.000000132. The van der Waals surface area contributed by atoms with Gasteiger partial charge in [0.15, 0.2) is 0 Å². The van der Waals surface area contributed by atoms with Crippen molar-refractivity contribution in [1.29, 1.82) is 0 Å². The van der Waals surface area contributed by atoms with Gasteiger partial charge in [0.2, 0.25) is 0 Å². The number of carboxylic acids is 4. The van der Waals surface area contributed by atoms with Crippen LogP contribution in [0.5, 0.6) is 0 Å². The second-order valence-corrected chi connectivity index (χ2v) is 19.2. The van der Waals surface area contributed by atoms with Crippen LogP contribution in [0.15, 0.2) is 201 Å². The van der Waals surface area contributed by atoms with Crippen LogP contribution in [0, 0.1) is 11.6 Å². The Morgan fingerprint density at radius 2 is 0.646 bits per heavy atom. The lowest BCUT2D eigenvalue weighted by Crippen LogP contribution is -2.03. The summed E-state index contributed by atoms with van der Waals surface area (Å²) >= 11 is 0. The lowest BCUT2D eigenvalue weighted by Gasteiger charge is -2.07. The van der Waals surface area contributed by atoms with Gasteiger partial charge in [0.05, 0.1) is 27.8 Å². The number of carbonyl (C=O) groups is 4. The smallest absolute Gasteiger partial charge is 0.416 e. The van der Waals surface area contributed by atoms with Crippen LogP contribution in [-0.4, -0.2) is 62.6 Å². The summed E-state index contributed by atoms with van der Waals surface area (Å²) in [7, 11) is 7.40. The quantitative estimate of drug-likeness (QED) is 0.109. The van der Waals surface area contributed by atoms with E-state index in [9.17, 15) is 41.1 Å². The molecule has 82 heavy (non-hydrogen) atoms. The molecule has 4 aromatic heterocycles. The Bertz CT molecular complexity index is 4400. The van der Waals surface area contributed by atoms with E-state index in [2.05, 4.69) is 12.1 Å². The summed E-state index contributed by atoms with van der Waals surface area (Å²) in [4.78, 5) is 44.1. The maximum atomic E-state index is 13.3. The summed E-state index contributed by atoms with van der Waals surface area (Å²) < 4.78 is 71.7. The molecule has 0 spiro atoms. The Kier molecular flexibility index (Phi) is 15.8. The van der Waals surface area contributed by atoms with Crippen molar-refractivity contribution in [1.82, 2.24) is 18.3 Å². The van der Waals surface area contributed by atoms with Gasteiger partial charge in [0.25, 0.3) is 0 Å². The number of aromatic nitrogens is 4. The Labute approximate surface area is 464 Å². The minimum absolute atomic E-state index is 0.165. The number of hydrogen-bond donors (Lipinski definition) is 4. The maximum Gasteiger partial charge on any atom is 0.416 e. The normalized spacial score (nSPS) is 11.1. The topological polar surface area (TPSA) is 169 Å². The van der Waals surface area contributed by atoms with E-state index in [0.717, 1.165) is 89.2 Å². The predicted octanol–water partition coefficient (Wildman–Crippen LogP) is 15.5. The second-order valence-electron chi connectivity index (χ2n) is 19.2. The third-order valence-electron chi connectivity index (χ3n) is 13.8. The number of nitrogens with zero attached hydrogens (tertiary/aromatic N) is 4. The number of rotatable bonds is 8. The van der Waals surface area contributed by atoms with Crippen LogP contribution in [0.1, 0.15) is 47.0 Å². The molecule has 0 aliphatic heterocycles. The molecule has 17 heteroatoms. The zero-order valence-electron chi connectivity index (χ0n) is 44.2. The molecule has 0 bridgehead atoms. The van der Waals surface area contributed by atoms with Gasteiger partial charge in [-0.3, -0.25) is 0 Å². The van der Waals surface area contributed by atoms with Crippen molar-refractivity contribution in [3.8, 4) is 44.5 Å². The minimum atomic E-state index is -4.37. The van der Waals surface area contributed by atoms with E-state index in [1.165, 1.54) is 42.5 Å². The number of aryl methyl sites for hydroxylation is 4. The number of benzene rings is 8. The van der Waals surface area contributed by atoms with Gasteiger partial charge in [-0.2, -0.15) is 13.2 Å². The maximum absolute atomic E-state index is 13.3. The van der Waals surface area contributed by atoms with Gasteiger partial charge in [-0.15, -0.1) is 0 Å². The van der Waals surface area contributed by atoms with E-state index in [4.69, 9.17) is 20.4 Å². The molecule has 0 unspecified atom stereocenters. The molecule has 0 aliphatic carbocycles. The molecule has 12 rings (SSSR count). The number of alkyl halides is 3. The highest BCUT2D eigenvalue weighted by atomic mass is 19.4. The van der Waals surface area contributed by atoms with Crippen LogP contribution >= 0.6 is 0 Å². The highest BCUT2D eigenvalue weighted by Gasteiger charge is 2.30. The van der Waals surface area contributed by atoms with Crippen LogP contribution in [0.3, 0.4) is 0 Å². The number of carboxylic acid groups (broad SMARTS) is 4. The Morgan fingerprint density at radius 1 is 0.341 bits per heavy atom. The molecule has 0 aliphatic rings. The van der Waals surface area contributed by atoms with Crippen LogP contribution in [0.25, 0.3) is 88.1 Å². The van der Waals surface area contributed by atoms with Crippen molar-refractivity contribution >= 4 is 67.5 Å². The molecule has 4 heterocycles. The molecule has 12 nitrogen and oxygen atoms in total. The number of aromatic carboxylic acids is 4. The molecular weight excluding hydrogens is 1060 g/mol. The molecular formula is C65H49F5N4O8. The lowest BCUT2D eigenvalue weighted by molar-refractivity contribution is -0.137. The molecule has 0 radical (unpaired) electrons. The van der Waals surface area contributed by atoms with E-state index in [1.807, 2.05) is 83.8 Å². The first kappa shape index (κ1) is 56.2. The van der Waals surface area contributed by atoms with Gasteiger partial charge >= 0.3 is 30.1 Å². The summed E-state index contributed by atoms with van der Waals surface area (Å²) in [6.45, 7) is 0. The van der Waals surface area contributed by atoms with Crippen molar-refractivity contribution in [3.63, 3.8) is 0 Å². The largest absolute Gasteiger partial charge is 0.478 e. The third-order valence-corrected chi connectivity index (χ3v) is 13.8. The van der Waals surface area contributed by atoms with E-state index in [0.29, 0.717) is 16.6 Å². The first-order valence-electron chi connectivity index (χ1n) is 25.1. The van der Waals surface area contributed by atoms with Gasteiger partial charge < -0.3 is 38.7 Å². The van der Waals surface area contributed by atoms with Crippen molar-refractivity contribution in [2.75, 3.05) is 0 Å². The van der Waals surface area contributed by atoms with Gasteiger partial charge in [-0.05, 0) is 107 Å². The van der Waals surface area contributed by atoms with E-state index >= 15 is 0 Å². The lowest BCUT2D eigenvalue weighted by atomic mass is 10.0. The van der Waals surface area contributed by atoms with Gasteiger partial charge in [-0.1, -0.05) is 91.0 Å². The van der Waals surface area contributed by atoms with Crippen LogP contribution in [-0.2, 0) is 34.4 Å². The molecule has 0 amide bonds. The fourth-order valence-corrected chi connectivity index (χ4v) is 9.73. The van der Waals surface area contributed by atoms with Crippen molar-refractivity contribution in [2.24, 2.45) is 28.2 Å². The molecule has 8 aromatic carbocycles. The van der Waals surface area contributed by atoms with E-state index in [-0.39, 0.29) is 28.3 Å². The third kappa shape index (κ3) is 11.9. The first-order chi connectivity index (χ1) is 39.1. The average Bonchev–Trinajstić information content (AvgIpc) is 4.40. The van der Waals surface area contributed by atoms with Gasteiger partial charge in [0.1, 0.15) is 11.6 Å². The minimum Gasteiger partial charge on any atom is -0.478 e. The van der Waals surface area contributed by atoms with Crippen LogP contribution < -0.4 is 0 Å². The monoisotopic (exact) mass is 1110 g/mol. The average molecular weight is 1110 g/mol. The number of hydrogen-bond acceptors (Lipinski definition) is 4. The highest BCUT2D eigenvalue weighted by molar-refractivity contribution is 6.03. The van der Waals surface area contributed by atoms with Crippen molar-refractivity contribution < 1.29 is 61.6 Å². The zero-order chi connectivity index (χ0) is 58.7. The zero-order valence-corrected chi connectivity index (χ0v) is 44.2. The number of halogens is 5. The van der Waals surface area contributed by atoms with E-state index < -0.39 is 35.6 Å². The van der Waals surface area contributed by atoms with Crippen molar-refractivity contribution in [2.45, 2.75) is 6.18 Å². The van der Waals surface area contributed by atoms with Gasteiger partial charge in [-0.25, -0.2) is 28.0 Å². The summed E-state index contributed by atoms with van der Waals surface area (Å²) in [5.41, 5.74) is 10.7. The molecule has 4 N–H and O–H groups in total. The van der Waals surface area contributed by atoms with Gasteiger partial charge in [0, 0.05) is 119 Å². The fourth-order valence-electron chi connectivity index (χ4n) is 9.73. The van der Waals surface area contributed by atoms with Crippen LogP contribution in [0.2, 0.25) is 0 Å². The molecule has 412 valence electrons. The Hall–Kier alpha value is -10.6. The molecule has 0 saturated heterocycles. The second kappa shape index (κ2) is 23.0. The number of fused-ring (bicyclic) bond motifs is 4. The molecule has 0 atom stereocenters. The highest BCUT2D eigenvalue weighted by Crippen LogP contribution is 2.36. The Morgan fingerprint density at radius 3 is 0.963 bits per heavy atom. The SMILES string of the molecule is Cn1cc(-c2ccc(C(F)(F)F)cc2)c2ccc(C(=O)O)cc21.Cn1cc(-c2ccc(F)cc2)c2ccc(C(=O)O)cc21.Cn1cc(-c2cccc(F)c2)c2ccc(C(=O)O)cc21.Cn1cc(-c2ccccc2)c2ccc(C(=O)O)cc21. The van der Waals surface area contributed by atoms with Crippen molar-refractivity contribution in [3.05, 3.63) is 240 Å². The predicted molar refractivity (Wildman–Crippen MR) is 306 cm³/mol. The summed E-state index contributed by atoms with van der Waals surface area (Å²) in [6.07, 6.45) is 3.24. The molecule has 0 fully saturated rings. The molecule has 0 saturated carbocycles. The summed E-state index contributed by atoms with van der Waals surface area (Å²) in [5, 5.41) is 39.9. The van der Waals surface area contributed by atoms with E-state index in [1.54, 1.807) is 96.7 Å². The standard InChI is InChI=1S/C17H12F3NO2.2C16H12FNO2.C16H13NO2/c1-21-9-14(10-2-5-12(6-3-10)17(18,19)20)13-7-4-11(16(22)23)8-15(13)21;1-18-9-14(10-2-5-12(17)6-3-10)13-7-4-11(16(19)20)8-15(13)18;1-18-9-14(10-3-2-4-12(17)7-10)13-6-5-11(16(19)20)8-15(13)18;1-17-10-14(11-5-3-2-4-6-11)13-8-7-12(16(18)19)9-15(13)17/h2-9H,1H3,(H,22,23);2*2-9H,1H3,(H,19,20);2-10H,1H3,(H,18,19). The summed E-state index contributed by atoms with van der Waals surface area (Å²) in [6, 6.07) is 47.6. The molecule has 12 aromatic rings. The first-order valence-corrected chi connectivity index (χ1v) is 25.1.